The summed E-state index contributed by atoms with van der Waals surface area (Å²) in [7, 11) is 3.07. The number of hydrogen-bond acceptors (Lipinski definition) is 5. The summed E-state index contributed by atoms with van der Waals surface area (Å²) in [5, 5.41) is 10.6. The van der Waals surface area contributed by atoms with Gasteiger partial charge in [-0.05, 0) is 22.0 Å². The van der Waals surface area contributed by atoms with E-state index in [9.17, 15) is 10.1 Å². The maximum atomic E-state index is 10.6. The molecule has 0 bridgehead atoms. The molecular weight excluding hydrogens is 238 g/mol. The standard InChI is InChI=1S/C11H11N3O4/c1-17-9-4-3-8(5-10(9)18-2)13-6-11(12-7-13)14(15)16/h3-7H,1-2H3. The van der Waals surface area contributed by atoms with Crippen molar-refractivity contribution in [2.24, 2.45) is 0 Å². The Labute approximate surface area is 103 Å². The van der Waals surface area contributed by atoms with Crippen LogP contribution < -0.4 is 9.47 Å². The minimum Gasteiger partial charge on any atom is -0.493 e. The molecule has 0 saturated carbocycles. The smallest absolute Gasteiger partial charge is 0.381 e. The van der Waals surface area contributed by atoms with Gasteiger partial charge in [-0.25, -0.2) is 0 Å². The molecule has 0 atom stereocenters. The molecule has 18 heavy (non-hydrogen) atoms. The van der Waals surface area contributed by atoms with Crippen molar-refractivity contribution in [3.05, 3.63) is 40.8 Å². The molecule has 0 unspecified atom stereocenters. The summed E-state index contributed by atoms with van der Waals surface area (Å²) in [5.41, 5.74) is 0.702. The maximum absolute atomic E-state index is 10.6. The third kappa shape index (κ3) is 2.10. The second kappa shape index (κ2) is 4.74. The van der Waals surface area contributed by atoms with E-state index in [2.05, 4.69) is 4.98 Å². The molecule has 0 N–H and O–H groups in total. The van der Waals surface area contributed by atoms with E-state index in [1.54, 1.807) is 29.9 Å². The van der Waals surface area contributed by atoms with E-state index in [0.717, 1.165) is 0 Å². The lowest BCUT2D eigenvalue weighted by Crippen LogP contribution is -1.94. The van der Waals surface area contributed by atoms with Gasteiger partial charge in [0.05, 0.1) is 19.9 Å². The van der Waals surface area contributed by atoms with E-state index >= 15 is 0 Å². The Hall–Kier alpha value is -2.57. The summed E-state index contributed by atoms with van der Waals surface area (Å²) < 4.78 is 11.8. The van der Waals surface area contributed by atoms with E-state index in [-0.39, 0.29) is 5.82 Å². The average molecular weight is 249 g/mol. The second-order valence-electron chi connectivity index (χ2n) is 3.44. The molecule has 0 amide bonds. The normalized spacial score (nSPS) is 10.1. The summed E-state index contributed by atoms with van der Waals surface area (Å²) in [4.78, 5) is 13.7. The fourth-order valence-corrected chi connectivity index (χ4v) is 1.53. The number of nitrogens with zero attached hydrogens (tertiary/aromatic N) is 3. The highest BCUT2D eigenvalue weighted by Crippen LogP contribution is 2.29. The van der Waals surface area contributed by atoms with Crippen molar-refractivity contribution < 1.29 is 14.4 Å². The Bertz CT molecular complexity index is 579. The average Bonchev–Trinajstić information content (AvgIpc) is 2.87. The van der Waals surface area contributed by atoms with Crippen LogP contribution in [-0.4, -0.2) is 28.7 Å². The van der Waals surface area contributed by atoms with Crippen LogP contribution >= 0.6 is 0 Å². The number of aromatic nitrogens is 2. The number of methoxy groups -OCH3 is 2. The lowest BCUT2D eigenvalue weighted by atomic mass is 10.2. The van der Waals surface area contributed by atoms with Gasteiger partial charge in [-0.15, -0.1) is 0 Å². The third-order valence-corrected chi connectivity index (χ3v) is 2.42. The first kappa shape index (κ1) is 11.9. The maximum Gasteiger partial charge on any atom is 0.381 e. The zero-order valence-corrected chi connectivity index (χ0v) is 9.86. The van der Waals surface area contributed by atoms with Crippen molar-refractivity contribution in [2.75, 3.05) is 14.2 Å². The Morgan fingerprint density at radius 2 is 2.00 bits per heavy atom. The van der Waals surface area contributed by atoms with Crippen LogP contribution in [0.2, 0.25) is 0 Å². The van der Waals surface area contributed by atoms with Gasteiger partial charge in [0.2, 0.25) is 6.33 Å². The summed E-state index contributed by atoms with van der Waals surface area (Å²) in [6, 6.07) is 5.19. The van der Waals surface area contributed by atoms with Crippen molar-refractivity contribution in [1.82, 2.24) is 9.55 Å². The lowest BCUT2D eigenvalue weighted by Gasteiger charge is -2.09. The van der Waals surface area contributed by atoms with Gasteiger partial charge < -0.3 is 19.6 Å². The molecule has 0 aliphatic rings. The van der Waals surface area contributed by atoms with E-state index in [1.807, 2.05) is 0 Å². The summed E-state index contributed by atoms with van der Waals surface area (Å²) in [6.45, 7) is 0. The molecule has 1 aromatic heterocycles. The van der Waals surface area contributed by atoms with Gasteiger partial charge in [0.15, 0.2) is 11.5 Å². The molecule has 7 nitrogen and oxygen atoms in total. The predicted octanol–water partition coefficient (Wildman–Crippen LogP) is 1.80. The fraction of sp³-hybridized carbons (Fsp3) is 0.182. The molecule has 0 aliphatic carbocycles. The highest BCUT2D eigenvalue weighted by atomic mass is 16.6. The minimum absolute atomic E-state index is 0.204. The fourth-order valence-electron chi connectivity index (χ4n) is 1.53. The van der Waals surface area contributed by atoms with Crippen LogP contribution in [0.1, 0.15) is 0 Å². The molecule has 0 saturated heterocycles. The largest absolute Gasteiger partial charge is 0.493 e. The SMILES string of the molecule is COc1ccc(-n2cnc([N+](=O)[O-])c2)cc1OC. The molecule has 94 valence electrons. The topological polar surface area (TPSA) is 79.4 Å². The summed E-state index contributed by atoms with van der Waals surface area (Å²) in [5.74, 6) is 0.937. The van der Waals surface area contributed by atoms with Crippen LogP contribution in [0.4, 0.5) is 5.82 Å². The van der Waals surface area contributed by atoms with Gasteiger partial charge in [-0.2, -0.15) is 0 Å². The van der Waals surface area contributed by atoms with E-state index in [0.29, 0.717) is 17.2 Å². The lowest BCUT2D eigenvalue weighted by molar-refractivity contribution is -0.389. The Kier molecular flexibility index (Phi) is 3.13. The number of hydrogen-bond donors (Lipinski definition) is 0. The second-order valence-corrected chi connectivity index (χ2v) is 3.44. The Morgan fingerprint density at radius 1 is 1.28 bits per heavy atom. The first-order valence-corrected chi connectivity index (χ1v) is 5.06. The van der Waals surface area contributed by atoms with Crippen molar-refractivity contribution >= 4 is 5.82 Å². The predicted molar refractivity (Wildman–Crippen MR) is 63.3 cm³/mol. The quantitative estimate of drug-likeness (QED) is 0.609. The minimum atomic E-state index is -0.544. The first-order valence-electron chi connectivity index (χ1n) is 5.06. The van der Waals surface area contributed by atoms with E-state index in [4.69, 9.17) is 9.47 Å². The van der Waals surface area contributed by atoms with Gasteiger partial charge in [-0.1, -0.05) is 0 Å². The molecule has 0 fully saturated rings. The monoisotopic (exact) mass is 249 g/mol. The van der Waals surface area contributed by atoms with Crippen LogP contribution in [0.15, 0.2) is 30.7 Å². The van der Waals surface area contributed by atoms with Crippen LogP contribution in [0.3, 0.4) is 0 Å². The molecule has 0 aliphatic heterocycles. The number of benzene rings is 1. The molecule has 7 heteroatoms. The van der Waals surface area contributed by atoms with Crippen molar-refractivity contribution in [3.63, 3.8) is 0 Å². The zero-order chi connectivity index (χ0) is 13.1. The zero-order valence-electron chi connectivity index (χ0n) is 9.86. The number of ether oxygens (including phenoxy) is 2. The molecule has 0 radical (unpaired) electrons. The van der Waals surface area contributed by atoms with Gasteiger partial charge in [0.25, 0.3) is 0 Å². The molecule has 1 aromatic carbocycles. The van der Waals surface area contributed by atoms with Crippen LogP contribution in [0, 0.1) is 10.1 Å². The van der Waals surface area contributed by atoms with Gasteiger partial charge in [0.1, 0.15) is 6.20 Å². The van der Waals surface area contributed by atoms with Crippen LogP contribution in [0.25, 0.3) is 5.69 Å². The highest BCUT2D eigenvalue weighted by molar-refractivity contribution is 5.49. The highest BCUT2D eigenvalue weighted by Gasteiger charge is 2.12. The third-order valence-electron chi connectivity index (χ3n) is 2.42. The number of imidazole rings is 1. The van der Waals surface area contributed by atoms with E-state index < -0.39 is 4.92 Å². The molecule has 2 aromatic rings. The Balaban J connectivity index is 2.41. The summed E-state index contributed by atoms with van der Waals surface area (Å²) >= 11 is 0. The molecule has 2 rings (SSSR count). The van der Waals surface area contributed by atoms with E-state index in [1.165, 1.54) is 19.6 Å². The Morgan fingerprint density at radius 3 is 2.56 bits per heavy atom. The first-order chi connectivity index (χ1) is 8.65. The van der Waals surface area contributed by atoms with Gasteiger partial charge in [0, 0.05) is 6.07 Å². The number of nitro groups is 1. The van der Waals surface area contributed by atoms with Gasteiger partial charge in [-0.3, -0.25) is 4.57 Å². The van der Waals surface area contributed by atoms with Crippen molar-refractivity contribution in [1.29, 1.82) is 0 Å². The summed E-state index contributed by atoms with van der Waals surface area (Å²) in [6.07, 6.45) is 2.71. The van der Waals surface area contributed by atoms with Crippen LogP contribution in [0.5, 0.6) is 11.5 Å². The van der Waals surface area contributed by atoms with Crippen LogP contribution in [-0.2, 0) is 0 Å². The molecule has 0 spiro atoms. The van der Waals surface area contributed by atoms with Crippen molar-refractivity contribution in [2.45, 2.75) is 0 Å². The van der Waals surface area contributed by atoms with Gasteiger partial charge >= 0.3 is 5.82 Å². The molecule has 1 heterocycles. The number of rotatable bonds is 4. The molecular formula is C11H11N3O4. The van der Waals surface area contributed by atoms with Crippen molar-refractivity contribution in [3.8, 4) is 17.2 Å².